The number of nitrogens with zero attached hydrogens (tertiary/aromatic N) is 2. The summed E-state index contributed by atoms with van der Waals surface area (Å²) in [6.07, 6.45) is 2.56. The molecule has 5 heteroatoms. The number of methoxy groups -OCH3 is 1. The summed E-state index contributed by atoms with van der Waals surface area (Å²) in [6.45, 7) is 0.357. The number of benzene rings is 1. The van der Waals surface area contributed by atoms with Gasteiger partial charge in [0.05, 0.1) is 25.6 Å². The molecule has 0 fully saturated rings. The highest BCUT2D eigenvalue weighted by Crippen LogP contribution is 2.13. The summed E-state index contributed by atoms with van der Waals surface area (Å²) in [6, 6.07) is 9.45. The minimum Gasteiger partial charge on any atom is -0.494 e. The first kappa shape index (κ1) is 12.3. The average molecular weight is 245 g/mol. The highest BCUT2D eigenvalue weighted by molar-refractivity contribution is 5.28. The molecule has 0 bridgehead atoms. The molecule has 94 valence electrons. The van der Waals surface area contributed by atoms with E-state index in [0.29, 0.717) is 18.2 Å². The minimum absolute atomic E-state index is 0.357. The largest absolute Gasteiger partial charge is 0.494 e. The number of anilines is 1. The number of aliphatic hydroxyl groups excluding tert-OH is 1. The first-order valence-electron chi connectivity index (χ1n) is 5.62. The molecule has 0 aliphatic heterocycles. The van der Waals surface area contributed by atoms with Gasteiger partial charge in [0.1, 0.15) is 0 Å². The van der Waals surface area contributed by atoms with Gasteiger partial charge >= 0.3 is 0 Å². The predicted molar refractivity (Wildman–Crippen MR) is 68.5 cm³/mol. The number of hydrogen-bond acceptors (Lipinski definition) is 5. The van der Waals surface area contributed by atoms with Crippen LogP contribution in [0.2, 0.25) is 0 Å². The highest BCUT2D eigenvalue weighted by atomic mass is 16.5. The summed E-state index contributed by atoms with van der Waals surface area (Å²) < 4.78 is 4.96. The summed E-state index contributed by atoms with van der Waals surface area (Å²) in [5, 5.41) is 12.9. The third kappa shape index (κ3) is 3.18. The van der Waals surface area contributed by atoms with Crippen LogP contribution in [0.3, 0.4) is 0 Å². The van der Waals surface area contributed by atoms with Crippen molar-refractivity contribution in [3.05, 3.63) is 48.3 Å². The topological polar surface area (TPSA) is 67.3 Å². The molecule has 0 saturated heterocycles. The van der Waals surface area contributed by atoms with E-state index in [1.165, 1.54) is 0 Å². The zero-order valence-corrected chi connectivity index (χ0v) is 10.1. The Morgan fingerprint density at radius 1 is 1.22 bits per heavy atom. The van der Waals surface area contributed by atoms with Crippen molar-refractivity contribution in [3.63, 3.8) is 0 Å². The Balaban J connectivity index is 1.91. The van der Waals surface area contributed by atoms with Crippen LogP contribution in [0.4, 0.5) is 5.95 Å². The van der Waals surface area contributed by atoms with Crippen molar-refractivity contribution >= 4 is 5.95 Å². The molecule has 0 saturated carbocycles. The zero-order valence-electron chi connectivity index (χ0n) is 10.1. The van der Waals surface area contributed by atoms with Crippen LogP contribution in [0.15, 0.2) is 42.7 Å². The van der Waals surface area contributed by atoms with E-state index in [1.807, 2.05) is 30.3 Å². The number of rotatable bonds is 5. The fourth-order valence-electron chi connectivity index (χ4n) is 1.49. The zero-order chi connectivity index (χ0) is 12.8. The lowest BCUT2D eigenvalue weighted by Crippen LogP contribution is -2.13. The van der Waals surface area contributed by atoms with Crippen LogP contribution in [0, 0.1) is 0 Å². The van der Waals surface area contributed by atoms with E-state index in [0.717, 1.165) is 5.56 Å². The number of aromatic nitrogens is 2. The molecule has 0 amide bonds. The molecule has 18 heavy (non-hydrogen) atoms. The highest BCUT2D eigenvalue weighted by Gasteiger charge is 2.07. The molecular formula is C13H15N3O2. The second-order valence-corrected chi connectivity index (χ2v) is 3.75. The molecule has 5 nitrogen and oxygen atoms in total. The Morgan fingerprint density at radius 2 is 1.89 bits per heavy atom. The third-order valence-corrected chi connectivity index (χ3v) is 2.50. The third-order valence-electron chi connectivity index (χ3n) is 2.50. The van der Waals surface area contributed by atoms with Gasteiger partial charge in [-0.15, -0.1) is 0 Å². The second kappa shape index (κ2) is 5.97. The average Bonchev–Trinajstić information content (AvgIpc) is 2.46. The molecule has 0 aliphatic carbocycles. The van der Waals surface area contributed by atoms with Gasteiger partial charge < -0.3 is 15.2 Å². The molecule has 2 rings (SSSR count). The monoisotopic (exact) mass is 245 g/mol. The van der Waals surface area contributed by atoms with E-state index in [1.54, 1.807) is 19.5 Å². The van der Waals surface area contributed by atoms with Crippen molar-refractivity contribution in [3.8, 4) is 5.75 Å². The summed E-state index contributed by atoms with van der Waals surface area (Å²) in [4.78, 5) is 8.11. The number of aliphatic hydroxyl groups is 1. The summed E-state index contributed by atoms with van der Waals surface area (Å²) in [5.74, 6) is 1.06. The fraction of sp³-hybridized carbons (Fsp3) is 0.231. The second-order valence-electron chi connectivity index (χ2n) is 3.75. The summed E-state index contributed by atoms with van der Waals surface area (Å²) in [5.41, 5.74) is 0.860. The number of ether oxygens (including phenoxy) is 1. The van der Waals surface area contributed by atoms with Crippen molar-refractivity contribution in [2.75, 3.05) is 19.0 Å². The van der Waals surface area contributed by atoms with Gasteiger partial charge in [-0.25, -0.2) is 9.97 Å². The van der Waals surface area contributed by atoms with Gasteiger partial charge in [-0.05, 0) is 5.56 Å². The summed E-state index contributed by atoms with van der Waals surface area (Å²) >= 11 is 0. The molecule has 2 N–H and O–H groups in total. The molecule has 1 unspecified atom stereocenters. The van der Waals surface area contributed by atoms with E-state index in [9.17, 15) is 5.11 Å². The number of hydrogen-bond donors (Lipinski definition) is 2. The van der Waals surface area contributed by atoms with Crippen molar-refractivity contribution in [2.24, 2.45) is 0 Å². The van der Waals surface area contributed by atoms with E-state index < -0.39 is 6.10 Å². The van der Waals surface area contributed by atoms with Gasteiger partial charge in [-0.1, -0.05) is 30.3 Å². The van der Waals surface area contributed by atoms with Gasteiger partial charge in [-0.2, -0.15) is 0 Å². The van der Waals surface area contributed by atoms with Gasteiger partial charge in [0.2, 0.25) is 5.95 Å². The van der Waals surface area contributed by atoms with Crippen LogP contribution in [-0.2, 0) is 0 Å². The van der Waals surface area contributed by atoms with Crippen LogP contribution in [-0.4, -0.2) is 28.7 Å². The van der Waals surface area contributed by atoms with Crippen LogP contribution in [0.5, 0.6) is 5.75 Å². The quantitative estimate of drug-likeness (QED) is 0.838. The Hall–Kier alpha value is -2.14. The fourth-order valence-corrected chi connectivity index (χ4v) is 1.49. The van der Waals surface area contributed by atoms with Crippen molar-refractivity contribution < 1.29 is 9.84 Å². The maximum atomic E-state index is 9.94. The van der Waals surface area contributed by atoms with Gasteiger partial charge in [0.25, 0.3) is 0 Å². The van der Waals surface area contributed by atoms with E-state index >= 15 is 0 Å². The lowest BCUT2D eigenvalue weighted by molar-refractivity contribution is 0.191. The maximum absolute atomic E-state index is 9.94. The van der Waals surface area contributed by atoms with Gasteiger partial charge in [0, 0.05) is 6.54 Å². The van der Waals surface area contributed by atoms with Gasteiger partial charge in [0.15, 0.2) is 5.75 Å². The molecule has 1 heterocycles. The smallest absolute Gasteiger partial charge is 0.222 e. The lowest BCUT2D eigenvalue weighted by Gasteiger charge is -2.11. The van der Waals surface area contributed by atoms with E-state index in [-0.39, 0.29) is 0 Å². The Kier molecular flexibility index (Phi) is 4.09. The molecule has 1 atom stereocenters. The molecule has 1 aromatic heterocycles. The number of nitrogens with one attached hydrogen (secondary N) is 1. The first-order chi connectivity index (χ1) is 8.79. The molecular weight excluding hydrogens is 230 g/mol. The summed E-state index contributed by atoms with van der Waals surface area (Å²) in [7, 11) is 1.56. The van der Waals surface area contributed by atoms with Crippen molar-refractivity contribution in [1.82, 2.24) is 9.97 Å². The van der Waals surface area contributed by atoms with Crippen LogP contribution < -0.4 is 10.1 Å². The lowest BCUT2D eigenvalue weighted by atomic mass is 10.1. The van der Waals surface area contributed by atoms with Crippen LogP contribution >= 0.6 is 0 Å². The standard InChI is InChI=1S/C13H15N3O2/c1-18-11-7-14-13(15-8-11)16-9-12(17)10-5-3-2-4-6-10/h2-8,12,17H,9H2,1H3,(H,14,15,16). The van der Waals surface area contributed by atoms with Crippen LogP contribution in [0.25, 0.3) is 0 Å². The molecule has 0 radical (unpaired) electrons. The van der Waals surface area contributed by atoms with E-state index in [2.05, 4.69) is 15.3 Å². The SMILES string of the molecule is COc1cnc(NCC(O)c2ccccc2)nc1. The Bertz CT molecular complexity index is 473. The molecule has 2 aromatic rings. The predicted octanol–water partition coefficient (Wildman–Crippen LogP) is 1.63. The van der Waals surface area contributed by atoms with Gasteiger partial charge in [-0.3, -0.25) is 0 Å². The Morgan fingerprint density at radius 3 is 2.50 bits per heavy atom. The van der Waals surface area contributed by atoms with E-state index in [4.69, 9.17) is 4.74 Å². The first-order valence-corrected chi connectivity index (χ1v) is 5.62. The normalized spacial score (nSPS) is 11.9. The maximum Gasteiger partial charge on any atom is 0.222 e. The molecule has 0 spiro atoms. The van der Waals surface area contributed by atoms with Crippen LogP contribution in [0.1, 0.15) is 11.7 Å². The van der Waals surface area contributed by atoms with Crippen molar-refractivity contribution in [2.45, 2.75) is 6.10 Å². The molecule has 1 aromatic carbocycles. The minimum atomic E-state index is -0.586. The Labute approximate surface area is 105 Å². The van der Waals surface area contributed by atoms with Crippen molar-refractivity contribution in [1.29, 1.82) is 0 Å². The molecule has 0 aliphatic rings.